The first-order chi connectivity index (χ1) is 12.7. The van der Waals surface area contributed by atoms with E-state index in [-0.39, 0.29) is 0 Å². The second kappa shape index (κ2) is 9.20. The maximum atomic E-state index is 10.0. The summed E-state index contributed by atoms with van der Waals surface area (Å²) >= 11 is 5.94. The molecule has 0 saturated carbocycles. The first-order valence-electron chi connectivity index (χ1n) is 8.23. The largest absolute Gasteiger partial charge is 0.489 e. The van der Waals surface area contributed by atoms with E-state index in [0.717, 1.165) is 22.6 Å². The van der Waals surface area contributed by atoms with Gasteiger partial charge in [-0.15, -0.1) is 0 Å². The van der Waals surface area contributed by atoms with Crippen LogP contribution in [0.3, 0.4) is 0 Å². The van der Waals surface area contributed by atoms with Gasteiger partial charge in [0.05, 0.1) is 0 Å². The molecular weight excluding hydrogens is 350 g/mol. The van der Waals surface area contributed by atoms with E-state index >= 15 is 0 Å². The van der Waals surface area contributed by atoms with Crippen molar-refractivity contribution >= 4 is 17.3 Å². The number of halogens is 1. The SMILES string of the molecule is OC(NCc1cccnc1)Nc1ccc(COc2cccc(Cl)c2)cc1. The average molecular weight is 370 g/mol. The van der Waals surface area contributed by atoms with Crippen LogP contribution in [0, 0.1) is 0 Å². The molecule has 0 aliphatic heterocycles. The van der Waals surface area contributed by atoms with Crippen LogP contribution in [-0.4, -0.2) is 16.4 Å². The van der Waals surface area contributed by atoms with Crippen molar-refractivity contribution in [1.29, 1.82) is 0 Å². The first-order valence-corrected chi connectivity index (χ1v) is 8.61. The van der Waals surface area contributed by atoms with Gasteiger partial charge in [-0.25, -0.2) is 0 Å². The molecule has 26 heavy (non-hydrogen) atoms. The van der Waals surface area contributed by atoms with Crippen LogP contribution in [0.4, 0.5) is 5.69 Å². The second-order valence-electron chi connectivity index (χ2n) is 5.73. The lowest BCUT2D eigenvalue weighted by Gasteiger charge is -2.16. The lowest BCUT2D eigenvalue weighted by molar-refractivity contribution is 0.163. The van der Waals surface area contributed by atoms with Crippen molar-refractivity contribution in [2.75, 3.05) is 5.32 Å². The molecule has 6 heteroatoms. The number of hydrogen-bond acceptors (Lipinski definition) is 5. The molecule has 0 saturated heterocycles. The van der Waals surface area contributed by atoms with Gasteiger partial charge in [-0.3, -0.25) is 10.3 Å². The van der Waals surface area contributed by atoms with Gasteiger partial charge in [0.2, 0.25) is 0 Å². The molecule has 0 bridgehead atoms. The molecule has 3 N–H and O–H groups in total. The van der Waals surface area contributed by atoms with Gasteiger partial charge < -0.3 is 15.2 Å². The highest BCUT2D eigenvalue weighted by Crippen LogP contribution is 2.19. The standard InChI is InChI=1S/C20H20ClN3O2/c21-17-4-1-5-19(11-17)26-14-15-6-8-18(9-7-15)24-20(25)23-13-16-3-2-10-22-12-16/h1-12,20,23-25H,13-14H2. The van der Waals surface area contributed by atoms with Crippen molar-refractivity contribution in [3.8, 4) is 5.75 Å². The summed E-state index contributed by atoms with van der Waals surface area (Å²) in [5.41, 5.74) is 2.83. The molecule has 0 aliphatic rings. The molecule has 3 rings (SSSR count). The van der Waals surface area contributed by atoms with Crippen molar-refractivity contribution < 1.29 is 9.84 Å². The van der Waals surface area contributed by atoms with E-state index in [2.05, 4.69) is 15.6 Å². The summed E-state index contributed by atoms with van der Waals surface area (Å²) in [7, 11) is 0. The third-order valence-electron chi connectivity index (χ3n) is 3.68. The lowest BCUT2D eigenvalue weighted by Crippen LogP contribution is -2.35. The Morgan fingerprint density at radius 1 is 1.04 bits per heavy atom. The summed E-state index contributed by atoms with van der Waals surface area (Å²) < 4.78 is 5.71. The van der Waals surface area contributed by atoms with E-state index in [0.29, 0.717) is 18.2 Å². The molecular formula is C20H20ClN3O2. The predicted molar refractivity (Wildman–Crippen MR) is 103 cm³/mol. The molecule has 0 fully saturated rings. The number of nitrogens with one attached hydrogen (secondary N) is 2. The van der Waals surface area contributed by atoms with Gasteiger partial charge in [0.15, 0.2) is 6.35 Å². The molecule has 0 spiro atoms. The van der Waals surface area contributed by atoms with Crippen molar-refractivity contribution in [2.24, 2.45) is 0 Å². The number of benzene rings is 2. The Hall–Kier alpha value is -2.60. The average Bonchev–Trinajstić information content (AvgIpc) is 2.67. The van der Waals surface area contributed by atoms with Crippen LogP contribution in [0.15, 0.2) is 73.1 Å². The van der Waals surface area contributed by atoms with E-state index < -0.39 is 6.35 Å². The molecule has 1 aromatic heterocycles. The molecule has 0 radical (unpaired) electrons. The second-order valence-corrected chi connectivity index (χ2v) is 6.17. The molecule has 0 aliphatic carbocycles. The van der Waals surface area contributed by atoms with Crippen LogP contribution in [-0.2, 0) is 13.2 Å². The molecule has 0 amide bonds. The Morgan fingerprint density at radius 3 is 2.62 bits per heavy atom. The Kier molecular flexibility index (Phi) is 6.44. The van der Waals surface area contributed by atoms with Crippen molar-refractivity contribution in [2.45, 2.75) is 19.5 Å². The quantitative estimate of drug-likeness (QED) is 0.527. The molecule has 1 atom stereocenters. The number of hydrogen-bond donors (Lipinski definition) is 3. The zero-order valence-corrected chi connectivity index (χ0v) is 14.9. The van der Waals surface area contributed by atoms with Crippen molar-refractivity contribution in [3.05, 3.63) is 89.2 Å². The summed E-state index contributed by atoms with van der Waals surface area (Å²) in [4.78, 5) is 4.04. The highest BCUT2D eigenvalue weighted by atomic mass is 35.5. The Morgan fingerprint density at radius 2 is 1.88 bits per heavy atom. The van der Waals surface area contributed by atoms with Crippen LogP contribution < -0.4 is 15.4 Å². The number of ether oxygens (including phenoxy) is 1. The van der Waals surface area contributed by atoms with Gasteiger partial charge in [0, 0.05) is 29.6 Å². The molecule has 2 aromatic carbocycles. The fourth-order valence-corrected chi connectivity index (χ4v) is 2.53. The highest BCUT2D eigenvalue weighted by Gasteiger charge is 2.04. The van der Waals surface area contributed by atoms with Crippen LogP contribution in [0.1, 0.15) is 11.1 Å². The number of rotatable bonds is 8. The summed E-state index contributed by atoms with van der Waals surface area (Å²) in [6, 6.07) is 18.8. The number of pyridine rings is 1. The minimum atomic E-state index is -0.858. The summed E-state index contributed by atoms with van der Waals surface area (Å²) in [6.45, 7) is 0.968. The predicted octanol–water partition coefficient (Wildman–Crippen LogP) is 3.79. The smallest absolute Gasteiger partial charge is 0.181 e. The summed E-state index contributed by atoms with van der Waals surface area (Å²) in [6.07, 6.45) is 2.62. The monoisotopic (exact) mass is 369 g/mol. The van der Waals surface area contributed by atoms with Crippen molar-refractivity contribution in [3.63, 3.8) is 0 Å². The molecule has 1 unspecified atom stereocenters. The molecule has 134 valence electrons. The number of aliphatic hydroxyl groups excluding tert-OH is 1. The van der Waals surface area contributed by atoms with E-state index in [1.54, 1.807) is 18.5 Å². The lowest BCUT2D eigenvalue weighted by atomic mass is 10.2. The number of aromatic nitrogens is 1. The van der Waals surface area contributed by atoms with E-state index in [9.17, 15) is 5.11 Å². The topological polar surface area (TPSA) is 66.4 Å². The number of anilines is 1. The normalized spacial score (nSPS) is 11.8. The summed E-state index contributed by atoms with van der Waals surface area (Å²) in [5, 5.41) is 16.6. The maximum absolute atomic E-state index is 10.0. The van der Waals surface area contributed by atoms with Gasteiger partial charge in [0.25, 0.3) is 0 Å². The van der Waals surface area contributed by atoms with Gasteiger partial charge in [0.1, 0.15) is 12.4 Å². The van der Waals surface area contributed by atoms with Gasteiger partial charge in [-0.2, -0.15) is 0 Å². The minimum absolute atomic E-state index is 0.447. The maximum Gasteiger partial charge on any atom is 0.181 e. The van der Waals surface area contributed by atoms with E-state index in [1.807, 2.05) is 54.6 Å². The summed E-state index contributed by atoms with van der Waals surface area (Å²) in [5.74, 6) is 0.731. The Balaban J connectivity index is 1.46. The van der Waals surface area contributed by atoms with E-state index in [1.165, 1.54) is 0 Å². The molecule has 5 nitrogen and oxygen atoms in total. The number of aliphatic hydroxyl groups is 1. The third kappa shape index (κ3) is 5.74. The Bertz CT molecular complexity index is 813. The van der Waals surface area contributed by atoms with Crippen LogP contribution >= 0.6 is 11.6 Å². The molecule has 1 heterocycles. The third-order valence-corrected chi connectivity index (χ3v) is 3.92. The minimum Gasteiger partial charge on any atom is -0.489 e. The Labute approximate surface area is 157 Å². The zero-order valence-electron chi connectivity index (χ0n) is 14.1. The number of nitrogens with zero attached hydrogens (tertiary/aromatic N) is 1. The zero-order chi connectivity index (χ0) is 18.2. The van der Waals surface area contributed by atoms with Crippen molar-refractivity contribution in [1.82, 2.24) is 10.3 Å². The van der Waals surface area contributed by atoms with Gasteiger partial charge >= 0.3 is 0 Å². The fraction of sp³-hybridized carbons (Fsp3) is 0.150. The van der Waals surface area contributed by atoms with Crippen LogP contribution in [0.2, 0.25) is 5.02 Å². The van der Waals surface area contributed by atoms with E-state index in [4.69, 9.17) is 16.3 Å². The fourth-order valence-electron chi connectivity index (χ4n) is 2.35. The van der Waals surface area contributed by atoms with Crippen LogP contribution in [0.25, 0.3) is 0 Å². The van der Waals surface area contributed by atoms with Crippen LogP contribution in [0.5, 0.6) is 5.75 Å². The molecule has 3 aromatic rings. The van der Waals surface area contributed by atoms with Gasteiger partial charge in [-0.05, 0) is 47.5 Å². The first kappa shape index (κ1) is 18.2. The highest BCUT2D eigenvalue weighted by molar-refractivity contribution is 6.30. The van der Waals surface area contributed by atoms with Gasteiger partial charge in [-0.1, -0.05) is 35.9 Å².